The average Bonchev–Trinajstić information content (AvgIpc) is 3.28. The van der Waals surface area contributed by atoms with Crippen LogP contribution in [0.4, 0.5) is 51.2 Å². The molecule has 0 aliphatic carbocycles. The van der Waals surface area contributed by atoms with Gasteiger partial charge in [0.25, 0.3) is 0 Å². The van der Waals surface area contributed by atoms with Crippen molar-refractivity contribution in [2.24, 2.45) is 0 Å². The van der Waals surface area contributed by atoms with Gasteiger partial charge in [-0.15, -0.1) is 0 Å². The number of benzene rings is 9. The second-order valence-electron chi connectivity index (χ2n) is 13.1. The number of hydrogen-bond donors (Lipinski definition) is 0. The minimum absolute atomic E-state index is 0.0843. The summed E-state index contributed by atoms with van der Waals surface area (Å²) in [6, 6.07) is 60.5. The summed E-state index contributed by atoms with van der Waals surface area (Å²) in [5.74, 6) is 0. The second-order valence-corrected chi connectivity index (χ2v) is 13.1. The monoisotopic (exact) mass is 682 g/mol. The molecule has 0 aromatic heterocycles. The predicted molar refractivity (Wildman–Crippen MR) is 224 cm³/mol. The molecular formula is C50H35N3. The molecule has 3 heteroatoms. The summed E-state index contributed by atoms with van der Waals surface area (Å²) in [5.41, 5.74) is 9.52. The zero-order chi connectivity index (χ0) is 39.5. The third kappa shape index (κ3) is 5.30. The molecule has 0 spiro atoms. The van der Waals surface area contributed by atoms with Crippen molar-refractivity contribution in [1.82, 2.24) is 0 Å². The van der Waals surface area contributed by atoms with Gasteiger partial charge < -0.3 is 14.7 Å². The van der Waals surface area contributed by atoms with Crippen molar-refractivity contribution in [2.45, 2.75) is 0 Å². The Labute approximate surface area is 316 Å². The van der Waals surface area contributed by atoms with E-state index in [0.29, 0.717) is 11.4 Å². The number of fused-ring (bicyclic) bond motifs is 3. The lowest BCUT2D eigenvalue weighted by atomic mass is 9.89. The maximum atomic E-state index is 8.99. The van der Waals surface area contributed by atoms with E-state index in [0.717, 1.165) is 61.4 Å². The van der Waals surface area contributed by atoms with Gasteiger partial charge in [0.2, 0.25) is 0 Å². The Kier molecular flexibility index (Phi) is 6.28. The molecule has 53 heavy (non-hydrogen) atoms. The van der Waals surface area contributed by atoms with E-state index >= 15 is 0 Å². The third-order valence-corrected chi connectivity index (χ3v) is 9.99. The molecule has 1 aliphatic rings. The fourth-order valence-corrected chi connectivity index (χ4v) is 7.69. The predicted octanol–water partition coefficient (Wildman–Crippen LogP) is 14.4. The van der Waals surface area contributed by atoms with E-state index in [-0.39, 0.29) is 29.9 Å². The van der Waals surface area contributed by atoms with Gasteiger partial charge >= 0.3 is 0 Å². The van der Waals surface area contributed by atoms with Crippen molar-refractivity contribution in [3.8, 4) is 11.1 Å². The highest BCUT2D eigenvalue weighted by Crippen LogP contribution is 2.54. The summed E-state index contributed by atoms with van der Waals surface area (Å²) < 4.78 is 43.4. The quantitative estimate of drug-likeness (QED) is 0.166. The molecule has 10 rings (SSSR count). The molecule has 0 saturated heterocycles. The van der Waals surface area contributed by atoms with E-state index in [9.17, 15) is 0 Å². The van der Waals surface area contributed by atoms with Crippen LogP contribution in [0.1, 0.15) is 6.85 Å². The van der Waals surface area contributed by atoms with Crippen LogP contribution in [0.15, 0.2) is 212 Å². The number of para-hydroxylation sites is 4. The van der Waals surface area contributed by atoms with Crippen LogP contribution in [0, 0.1) is 0 Å². The SMILES string of the molecule is [2H]c1c([2H])c([2H])c(N(c2ccccc2)c2ccc3c(c2)N(c2ccccc2)c2cccc4c(N(c5ccccc5)c5ccc6ccccc6c5)ccc-3c24)c([2H])c1[2H]. The Morgan fingerprint density at radius 1 is 0.396 bits per heavy atom. The van der Waals surface area contributed by atoms with Crippen LogP contribution in [-0.4, -0.2) is 0 Å². The van der Waals surface area contributed by atoms with Crippen LogP contribution in [0.25, 0.3) is 32.7 Å². The summed E-state index contributed by atoms with van der Waals surface area (Å²) in [7, 11) is 0. The minimum Gasteiger partial charge on any atom is -0.310 e. The van der Waals surface area contributed by atoms with Gasteiger partial charge in [-0.05, 0) is 101 Å². The van der Waals surface area contributed by atoms with Crippen LogP contribution in [0.5, 0.6) is 0 Å². The third-order valence-electron chi connectivity index (χ3n) is 9.99. The molecule has 9 aromatic carbocycles. The molecular weight excluding hydrogens is 643 g/mol. The highest BCUT2D eigenvalue weighted by molar-refractivity contribution is 6.18. The Hall–Kier alpha value is -7.10. The average molecular weight is 683 g/mol. The molecule has 3 nitrogen and oxygen atoms in total. The van der Waals surface area contributed by atoms with E-state index in [1.165, 1.54) is 5.39 Å². The number of rotatable bonds is 7. The van der Waals surface area contributed by atoms with Crippen molar-refractivity contribution >= 4 is 72.7 Å². The van der Waals surface area contributed by atoms with E-state index < -0.39 is 6.04 Å². The molecule has 0 atom stereocenters. The molecule has 0 fully saturated rings. The zero-order valence-corrected chi connectivity index (χ0v) is 28.7. The summed E-state index contributed by atoms with van der Waals surface area (Å²) in [6.45, 7) is 0. The first-order valence-corrected chi connectivity index (χ1v) is 17.7. The van der Waals surface area contributed by atoms with Crippen molar-refractivity contribution in [3.05, 3.63) is 212 Å². The van der Waals surface area contributed by atoms with Gasteiger partial charge in [0.05, 0.1) is 23.9 Å². The fourth-order valence-electron chi connectivity index (χ4n) is 7.69. The Morgan fingerprint density at radius 2 is 1.02 bits per heavy atom. The summed E-state index contributed by atoms with van der Waals surface area (Å²) >= 11 is 0. The first kappa shape index (κ1) is 25.8. The van der Waals surface area contributed by atoms with Gasteiger partial charge in [-0.3, -0.25) is 0 Å². The molecule has 9 aromatic rings. The highest BCUT2D eigenvalue weighted by Gasteiger charge is 2.29. The van der Waals surface area contributed by atoms with Gasteiger partial charge in [-0.1, -0.05) is 127 Å². The topological polar surface area (TPSA) is 9.72 Å². The van der Waals surface area contributed by atoms with E-state index in [4.69, 9.17) is 6.85 Å². The van der Waals surface area contributed by atoms with Gasteiger partial charge in [0.15, 0.2) is 0 Å². The molecule has 1 aliphatic heterocycles. The molecule has 250 valence electrons. The van der Waals surface area contributed by atoms with Gasteiger partial charge in [0, 0.05) is 50.5 Å². The number of anilines is 9. The standard InChI is InChI=1S/C50H35N3/c1-5-18-38(19-6-1)51(39-20-7-2-8-21-39)43-30-31-44-45-32-33-47(46-26-15-27-48(50(45)46)53(49(44)35-43)41-24-11-4-12-25-41)52(40-22-9-3-10-23-40)42-29-28-36-16-13-14-17-37(36)34-42/h1-35H/i1D,5D,6D,18D,19D. The van der Waals surface area contributed by atoms with E-state index in [2.05, 4.69) is 131 Å². The molecule has 1 heterocycles. The Morgan fingerprint density at radius 3 is 1.77 bits per heavy atom. The second kappa shape index (κ2) is 12.9. The number of nitrogens with zero attached hydrogens (tertiary/aromatic N) is 3. The van der Waals surface area contributed by atoms with Crippen molar-refractivity contribution < 1.29 is 6.85 Å². The smallest absolute Gasteiger partial charge is 0.0645 e. The van der Waals surface area contributed by atoms with Crippen molar-refractivity contribution in [2.75, 3.05) is 14.7 Å². The molecule has 0 N–H and O–H groups in total. The lowest BCUT2D eigenvalue weighted by Gasteiger charge is -2.36. The Bertz CT molecular complexity index is 3000. The number of hydrogen-bond acceptors (Lipinski definition) is 3. The largest absolute Gasteiger partial charge is 0.310 e. The molecule has 0 radical (unpaired) electrons. The van der Waals surface area contributed by atoms with Gasteiger partial charge in [0.1, 0.15) is 0 Å². The minimum atomic E-state index is -0.428. The highest BCUT2D eigenvalue weighted by atomic mass is 15.2. The van der Waals surface area contributed by atoms with Crippen LogP contribution in [-0.2, 0) is 0 Å². The van der Waals surface area contributed by atoms with E-state index in [1.807, 2.05) is 60.7 Å². The molecule has 0 bridgehead atoms. The van der Waals surface area contributed by atoms with Crippen LogP contribution < -0.4 is 14.7 Å². The summed E-state index contributed by atoms with van der Waals surface area (Å²) in [4.78, 5) is 6.37. The van der Waals surface area contributed by atoms with Crippen LogP contribution >= 0.6 is 0 Å². The first-order chi connectivity index (χ1) is 28.4. The van der Waals surface area contributed by atoms with Crippen molar-refractivity contribution in [1.29, 1.82) is 0 Å². The molecule has 0 unspecified atom stereocenters. The maximum Gasteiger partial charge on any atom is 0.0645 e. The van der Waals surface area contributed by atoms with Crippen molar-refractivity contribution in [3.63, 3.8) is 0 Å². The zero-order valence-electron chi connectivity index (χ0n) is 33.7. The normalized spacial score (nSPS) is 13.1. The Balaban J connectivity index is 1.22. The lowest BCUT2D eigenvalue weighted by molar-refractivity contribution is 1.25. The lowest BCUT2D eigenvalue weighted by Crippen LogP contribution is -2.17. The summed E-state index contributed by atoms with van der Waals surface area (Å²) in [5, 5.41) is 4.55. The van der Waals surface area contributed by atoms with Gasteiger partial charge in [-0.25, -0.2) is 0 Å². The van der Waals surface area contributed by atoms with Gasteiger partial charge in [-0.2, -0.15) is 0 Å². The van der Waals surface area contributed by atoms with E-state index in [1.54, 1.807) is 4.90 Å². The maximum absolute atomic E-state index is 8.99. The molecule has 0 saturated carbocycles. The molecule has 0 amide bonds. The van der Waals surface area contributed by atoms with Crippen LogP contribution in [0.3, 0.4) is 0 Å². The fraction of sp³-hybridized carbons (Fsp3) is 0. The summed E-state index contributed by atoms with van der Waals surface area (Å²) in [6.07, 6.45) is 0. The first-order valence-electron chi connectivity index (χ1n) is 20.2. The van der Waals surface area contributed by atoms with Crippen LogP contribution in [0.2, 0.25) is 0 Å².